The fraction of sp³-hybridized carbons (Fsp3) is 0.0508. The monoisotopic (exact) mass is 778 g/mol. The number of hydrogen-bond donors (Lipinski definition) is 0. The van der Waals surface area contributed by atoms with Crippen LogP contribution in [0.4, 0.5) is 17.1 Å². The van der Waals surface area contributed by atoms with Crippen LogP contribution in [0.5, 0.6) is 0 Å². The molecular formula is C59H42N2. The lowest BCUT2D eigenvalue weighted by molar-refractivity contribution is 0.664. The van der Waals surface area contributed by atoms with Gasteiger partial charge in [-0.05, 0) is 103 Å². The van der Waals surface area contributed by atoms with E-state index in [0.29, 0.717) is 0 Å². The van der Waals surface area contributed by atoms with Crippen molar-refractivity contribution in [3.8, 4) is 39.1 Å². The third kappa shape index (κ3) is 5.49. The van der Waals surface area contributed by atoms with E-state index >= 15 is 0 Å². The Labute approximate surface area is 356 Å². The highest BCUT2D eigenvalue weighted by Gasteiger charge is 2.38. The van der Waals surface area contributed by atoms with Gasteiger partial charge in [0, 0.05) is 38.6 Å². The number of anilines is 3. The fourth-order valence-electron chi connectivity index (χ4n) is 10.3. The van der Waals surface area contributed by atoms with Crippen LogP contribution in [-0.4, -0.2) is 4.57 Å². The molecule has 1 aromatic heterocycles. The van der Waals surface area contributed by atoms with Crippen molar-refractivity contribution in [3.05, 3.63) is 230 Å². The first-order chi connectivity index (χ1) is 30.0. The average molecular weight is 779 g/mol. The molecule has 12 rings (SSSR count). The van der Waals surface area contributed by atoms with Crippen LogP contribution in [0.15, 0.2) is 218 Å². The number of rotatable bonds is 6. The smallest absolute Gasteiger partial charge is 0.0588 e. The van der Waals surface area contributed by atoms with E-state index in [2.05, 4.69) is 242 Å². The zero-order valence-corrected chi connectivity index (χ0v) is 34.2. The van der Waals surface area contributed by atoms with E-state index in [4.69, 9.17) is 0 Å². The summed E-state index contributed by atoms with van der Waals surface area (Å²) in [5.74, 6) is 0. The predicted octanol–water partition coefficient (Wildman–Crippen LogP) is 16.2. The summed E-state index contributed by atoms with van der Waals surface area (Å²) < 4.78 is 2.58. The Balaban J connectivity index is 1.18. The molecule has 61 heavy (non-hydrogen) atoms. The lowest BCUT2D eigenvalue weighted by Gasteiger charge is -2.28. The Morgan fingerprint density at radius 3 is 1.64 bits per heavy atom. The van der Waals surface area contributed by atoms with Crippen molar-refractivity contribution in [2.24, 2.45) is 0 Å². The summed E-state index contributed by atoms with van der Waals surface area (Å²) in [6.45, 7) is 4.81. The summed E-state index contributed by atoms with van der Waals surface area (Å²) >= 11 is 0. The molecule has 0 unspecified atom stereocenters. The van der Waals surface area contributed by atoms with Gasteiger partial charge in [-0.15, -0.1) is 0 Å². The van der Waals surface area contributed by atoms with Crippen LogP contribution in [0.3, 0.4) is 0 Å². The summed E-state index contributed by atoms with van der Waals surface area (Å²) in [6, 6.07) is 80.3. The molecule has 1 heterocycles. The largest absolute Gasteiger partial charge is 0.310 e. The van der Waals surface area contributed by atoms with E-state index in [1.54, 1.807) is 0 Å². The second kappa shape index (κ2) is 13.7. The van der Waals surface area contributed by atoms with Crippen molar-refractivity contribution < 1.29 is 0 Å². The molecular weight excluding hydrogens is 737 g/mol. The molecule has 288 valence electrons. The SMILES string of the molecule is CC1(C)c2ccccc2-c2ccc3c4c5ccccc5c(N(c5ccc(-c6ccccc6)cc5)c5ccc(-c6ccccc6)cc5)cc4n(-c4ccc5ccccc5c4)c3c21. The van der Waals surface area contributed by atoms with Gasteiger partial charge >= 0.3 is 0 Å². The average Bonchev–Trinajstić information content (AvgIpc) is 3.78. The molecule has 0 spiro atoms. The van der Waals surface area contributed by atoms with E-state index < -0.39 is 0 Å². The van der Waals surface area contributed by atoms with E-state index in [1.165, 1.54) is 87.9 Å². The fourth-order valence-corrected chi connectivity index (χ4v) is 10.3. The molecule has 0 saturated heterocycles. The summed E-state index contributed by atoms with van der Waals surface area (Å²) in [7, 11) is 0. The number of benzene rings is 10. The maximum Gasteiger partial charge on any atom is 0.0588 e. The predicted molar refractivity (Wildman–Crippen MR) is 259 cm³/mol. The van der Waals surface area contributed by atoms with Gasteiger partial charge in [0.1, 0.15) is 0 Å². The second-order valence-electron chi connectivity index (χ2n) is 16.9. The summed E-state index contributed by atoms with van der Waals surface area (Å²) in [5, 5.41) is 7.45. The van der Waals surface area contributed by atoms with Crippen molar-refractivity contribution in [1.29, 1.82) is 0 Å². The molecule has 0 atom stereocenters. The number of fused-ring (bicyclic) bond motifs is 10. The van der Waals surface area contributed by atoms with Crippen LogP contribution in [0.25, 0.3) is 82.4 Å². The molecule has 0 N–H and O–H groups in total. The molecule has 1 aliphatic rings. The minimum absolute atomic E-state index is 0.208. The van der Waals surface area contributed by atoms with E-state index in [0.717, 1.165) is 22.7 Å². The van der Waals surface area contributed by atoms with E-state index in [1.807, 2.05) is 0 Å². The topological polar surface area (TPSA) is 8.17 Å². The van der Waals surface area contributed by atoms with Crippen LogP contribution < -0.4 is 4.90 Å². The van der Waals surface area contributed by atoms with Crippen LogP contribution >= 0.6 is 0 Å². The van der Waals surface area contributed by atoms with Gasteiger partial charge in [0.15, 0.2) is 0 Å². The van der Waals surface area contributed by atoms with Crippen molar-refractivity contribution in [2.75, 3.05) is 4.90 Å². The lowest BCUT2D eigenvalue weighted by Crippen LogP contribution is -2.16. The Bertz CT molecular complexity index is 3380. The van der Waals surface area contributed by atoms with Crippen molar-refractivity contribution in [3.63, 3.8) is 0 Å². The molecule has 0 radical (unpaired) electrons. The molecule has 2 nitrogen and oxygen atoms in total. The molecule has 0 saturated carbocycles. The molecule has 0 bridgehead atoms. The Kier molecular flexibility index (Phi) is 7.92. The first kappa shape index (κ1) is 35.3. The maximum absolute atomic E-state index is 2.58. The van der Waals surface area contributed by atoms with Gasteiger partial charge in [-0.2, -0.15) is 0 Å². The van der Waals surface area contributed by atoms with Gasteiger partial charge in [0.05, 0.1) is 16.7 Å². The molecule has 0 fully saturated rings. The number of nitrogens with zero attached hydrogens (tertiary/aromatic N) is 2. The highest BCUT2D eigenvalue weighted by molar-refractivity contribution is 6.26. The summed E-state index contributed by atoms with van der Waals surface area (Å²) in [6.07, 6.45) is 0. The van der Waals surface area contributed by atoms with Gasteiger partial charge in [0.25, 0.3) is 0 Å². The summed E-state index contributed by atoms with van der Waals surface area (Å²) in [4.78, 5) is 2.46. The Hall–Kier alpha value is -7.68. The van der Waals surface area contributed by atoms with E-state index in [9.17, 15) is 0 Å². The highest BCUT2D eigenvalue weighted by Crippen LogP contribution is 2.54. The van der Waals surface area contributed by atoms with Crippen LogP contribution in [0.1, 0.15) is 25.0 Å². The molecule has 0 amide bonds. The lowest BCUT2D eigenvalue weighted by atomic mass is 9.81. The zero-order valence-electron chi connectivity index (χ0n) is 34.2. The standard InChI is InChI=1S/C59H42N2/c1-59(2)53-24-14-13-21-48(53)51-35-36-52-56-50-23-12-11-22-49(50)54(38-55(56)61(58(52)57(51)59)47-34-29-41-19-9-10-20-44(41)37-47)60(45-30-25-42(26-31-45)39-15-5-3-6-16-39)46-32-27-43(28-33-46)40-17-7-4-8-18-40/h3-38H,1-2H3. The maximum atomic E-state index is 2.58. The molecule has 2 heteroatoms. The number of aromatic nitrogens is 1. The molecule has 0 aliphatic heterocycles. The van der Waals surface area contributed by atoms with Gasteiger partial charge in [-0.25, -0.2) is 0 Å². The molecule has 11 aromatic rings. The third-order valence-corrected chi connectivity index (χ3v) is 13.1. The van der Waals surface area contributed by atoms with Gasteiger partial charge < -0.3 is 9.47 Å². The zero-order chi connectivity index (χ0) is 40.7. The minimum atomic E-state index is -0.208. The Morgan fingerprint density at radius 1 is 0.410 bits per heavy atom. The molecule has 1 aliphatic carbocycles. The first-order valence-electron chi connectivity index (χ1n) is 21.3. The van der Waals surface area contributed by atoms with Crippen molar-refractivity contribution in [2.45, 2.75) is 19.3 Å². The van der Waals surface area contributed by atoms with Crippen molar-refractivity contribution >= 4 is 60.4 Å². The van der Waals surface area contributed by atoms with Gasteiger partial charge in [-0.1, -0.05) is 190 Å². The quantitative estimate of drug-likeness (QED) is 0.163. The van der Waals surface area contributed by atoms with Crippen LogP contribution in [0.2, 0.25) is 0 Å². The third-order valence-electron chi connectivity index (χ3n) is 13.1. The first-order valence-corrected chi connectivity index (χ1v) is 21.3. The normalized spacial score (nSPS) is 12.9. The van der Waals surface area contributed by atoms with Crippen LogP contribution in [-0.2, 0) is 5.41 Å². The Morgan fingerprint density at radius 2 is 0.967 bits per heavy atom. The second-order valence-corrected chi connectivity index (χ2v) is 16.9. The summed E-state index contributed by atoms with van der Waals surface area (Å²) in [5.41, 5.74) is 16.9. The number of hydrogen-bond acceptors (Lipinski definition) is 1. The van der Waals surface area contributed by atoms with Gasteiger partial charge in [-0.3, -0.25) is 0 Å². The van der Waals surface area contributed by atoms with Gasteiger partial charge in [0.2, 0.25) is 0 Å². The highest BCUT2D eigenvalue weighted by atomic mass is 15.1. The van der Waals surface area contributed by atoms with Crippen LogP contribution in [0, 0.1) is 0 Å². The van der Waals surface area contributed by atoms with E-state index in [-0.39, 0.29) is 5.41 Å². The minimum Gasteiger partial charge on any atom is -0.310 e. The molecule has 10 aromatic carbocycles. The van der Waals surface area contributed by atoms with Crippen molar-refractivity contribution in [1.82, 2.24) is 4.57 Å².